The van der Waals surface area contributed by atoms with Gasteiger partial charge in [-0.25, -0.2) is 9.97 Å². The van der Waals surface area contributed by atoms with Crippen molar-refractivity contribution in [3.63, 3.8) is 0 Å². The topological polar surface area (TPSA) is 56.5 Å². The third-order valence-electron chi connectivity index (χ3n) is 4.15. The van der Waals surface area contributed by atoms with Crippen molar-refractivity contribution in [3.8, 4) is 0 Å². The lowest BCUT2D eigenvalue weighted by molar-refractivity contribution is 0.626. The number of aromatic nitrogens is 5. The van der Waals surface area contributed by atoms with Gasteiger partial charge in [0.25, 0.3) is 0 Å². The summed E-state index contributed by atoms with van der Waals surface area (Å²) in [5.74, 6) is 1.83. The van der Waals surface area contributed by atoms with E-state index in [2.05, 4.69) is 37.7 Å². The Balaban J connectivity index is 1.57. The van der Waals surface area contributed by atoms with Crippen molar-refractivity contribution in [1.29, 1.82) is 0 Å². The summed E-state index contributed by atoms with van der Waals surface area (Å²) in [6, 6.07) is 2.77. The maximum absolute atomic E-state index is 4.48. The molecule has 3 aromatic rings. The lowest BCUT2D eigenvalue weighted by Gasteiger charge is -2.07. The van der Waals surface area contributed by atoms with Crippen LogP contribution in [0.5, 0.6) is 0 Å². The maximum atomic E-state index is 4.48. The minimum atomic E-state index is 0.606. The molecule has 5 rings (SSSR count). The lowest BCUT2D eigenvalue weighted by Crippen LogP contribution is -2.02. The molecule has 0 atom stereocenters. The first-order chi connectivity index (χ1) is 10.8. The van der Waals surface area contributed by atoms with E-state index >= 15 is 0 Å². The second-order valence-corrected chi connectivity index (χ2v) is 8.26. The van der Waals surface area contributed by atoms with Crippen molar-refractivity contribution in [2.45, 2.75) is 54.7 Å². The molecule has 0 spiro atoms. The van der Waals surface area contributed by atoms with Gasteiger partial charge >= 0.3 is 0 Å². The van der Waals surface area contributed by atoms with Crippen LogP contribution >= 0.6 is 23.1 Å². The van der Waals surface area contributed by atoms with Crippen LogP contribution in [-0.2, 0) is 0 Å². The molecule has 0 bridgehead atoms. The van der Waals surface area contributed by atoms with E-state index in [1.54, 1.807) is 29.4 Å². The highest BCUT2D eigenvalue weighted by atomic mass is 32.2. The van der Waals surface area contributed by atoms with E-state index in [1.165, 1.54) is 36.4 Å². The first-order valence-corrected chi connectivity index (χ1v) is 9.26. The number of fused-ring (bicyclic) bond motifs is 1. The van der Waals surface area contributed by atoms with E-state index < -0.39 is 0 Å². The van der Waals surface area contributed by atoms with E-state index in [1.807, 2.05) is 0 Å². The summed E-state index contributed by atoms with van der Waals surface area (Å²) in [6.45, 7) is 2.11. The molecule has 2 fully saturated rings. The van der Waals surface area contributed by atoms with Gasteiger partial charge in [0.05, 0.1) is 0 Å². The van der Waals surface area contributed by atoms with Crippen LogP contribution in [0.3, 0.4) is 0 Å². The quantitative estimate of drug-likeness (QED) is 0.678. The monoisotopic (exact) mass is 329 g/mol. The fourth-order valence-electron chi connectivity index (χ4n) is 2.78. The van der Waals surface area contributed by atoms with Crippen LogP contribution in [0.25, 0.3) is 10.2 Å². The van der Waals surface area contributed by atoms with Crippen molar-refractivity contribution in [2.75, 3.05) is 0 Å². The van der Waals surface area contributed by atoms with Gasteiger partial charge in [-0.15, -0.1) is 21.5 Å². The Morgan fingerprint density at radius 3 is 2.82 bits per heavy atom. The first kappa shape index (κ1) is 13.0. The molecule has 0 radical (unpaired) electrons. The van der Waals surface area contributed by atoms with Gasteiger partial charge in [0.2, 0.25) is 0 Å². The Morgan fingerprint density at radius 1 is 1.18 bits per heavy atom. The highest BCUT2D eigenvalue weighted by molar-refractivity contribution is 7.99. The molecule has 7 heteroatoms. The zero-order valence-electron chi connectivity index (χ0n) is 12.2. The second kappa shape index (κ2) is 4.76. The molecule has 2 saturated carbocycles. The van der Waals surface area contributed by atoms with Crippen LogP contribution in [0.1, 0.15) is 48.3 Å². The first-order valence-electron chi connectivity index (χ1n) is 7.63. The van der Waals surface area contributed by atoms with Gasteiger partial charge in [-0.3, -0.25) is 0 Å². The van der Waals surface area contributed by atoms with Gasteiger partial charge in [-0.1, -0.05) is 0 Å². The Kier molecular flexibility index (Phi) is 2.82. The number of hydrogen-bond donors (Lipinski definition) is 0. The van der Waals surface area contributed by atoms with Crippen molar-refractivity contribution in [1.82, 2.24) is 24.7 Å². The zero-order valence-corrected chi connectivity index (χ0v) is 13.8. The molecule has 0 N–H and O–H groups in total. The van der Waals surface area contributed by atoms with Crippen molar-refractivity contribution >= 4 is 33.3 Å². The smallest absolute Gasteiger partial charge is 0.197 e. The van der Waals surface area contributed by atoms with Crippen molar-refractivity contribution in [2.24, 2.45) is 0 Å². The standard InChI is InChI=1S/C15H15N5S2/c1-8-6-11-13(21-8)16-7-17-14(11)22-15-19-18-12(9-2-3-9)20(15)10-4-5-10/h6-7,9-10H,2-5H2,1H3. The average molecular weight is 329 g/mol. The van der Waals surface area contributed by atoms with Crippen molar-refractivity contribution in [3.05, 3.63) is 23.1 Å². The molecular formula is C15H15N5S2. The molecule has 2 aliphatic carbocycles. The summed E-state index contributed by atoms with van der Waals surface area (Å²) < 4.78 is 2.37. The van der Waals surface area contributed by atoms with Crippen LogP contribution in [0.15, 0.2) is 22.6 Å². The second-order valence-electron chi connectivity index (χ2n) is 6.07. The molecule has 112 valence electrons. The van der Waals surface area contributed by atoms with E-state index in [4.69, 9.17) is 0 Å². The number of rotatable bonds is 4. The maximum Gasteiger partial charge on any atom is 0.197 e. The number of aryl methyl sites for hydroxylation is 1. The SMILES string of the molecule is Cc1cc2c(Sc3nnc(C4CC4)n3C3CC3)ncnc2s1. The van der Waals surface area contributed by atoms with Gasteiger partial charge in [-0.05, 0) is 50.4 Å². The molecular weight excluding hydrogens is 314 g/mol. The van der Waals surface area contributed by atoms with Gasteiger partial charge in [-0.2, -0.15) is 0 Å². The summed E-state index contributed by atoms with van der Waals surface area (Å²) in [7, 11) is 0. The third kappa shape index (κ3) is 2.14. The van der Waals surface area contributed by atoms with E-state index in [-0.39, 0.29) is 0 Å². The Labute approximate surface area is 136 Å². The molecule has 0 saturated heterocycles. The molecule has 3 heterocycles. The van der Waals surface area contributed by atoms with Gasteiger partial charge in [0.1, 0.15) is 22.0 Å². The summed E-state index contributed by atoms with van der Waals surface area (Å²) in [6.07, 6.45) is 6.68. The van der Waals surface area contributed by atoms with Crippen LogP contribution in [-0.4, -0.2) is 24.7 Å². The van der Waals surface area contributed by atoms with Crippen LogP contribution in [0.4, 0.5) is 0 Å². The number of thiophene rings is 1. The summed E-state index contributed by atoms with van der Waals surface area (Å²) in [4.78, 5) is 11.2. The van der Waals surface area contributed by atoms with E-state index in [0.717, 1.165) is 20.4 Å². The molecule has 22 heavy (non-hydrogen) atoms. The Bertz CT molecular complexity index is 860. The number of hydrogen-bond acceptors (Lipinski definition) is 6. The molecule has 2 aliphatic rings. The summed E-state index contributed by atoms with van der Waals surface area (Å²) >= 11 is 3.35. The summed E-state index contributed by atoms with van der Waals surface area (Å²) in [5, 5.41) is 12.1. The average Bonchev–Trinajstić information content (AvgIpc) is 3.42. The molecule has 0 amide bonds. The van der Waals surface area contributed by atoms with E-state index in [9.17, 15) is 0 Å². The normalized spacial score (nSPS) is 18.2. The van der Waals surface area contributed by atoms with Crippen LogP contribution in [0, 0.1) is 6.92 Å². The molecule has 0 unspecified atom stereocenters. The Hall–Kier alpha value is -1.47. The predicted molar refractivity (Wildman–Crippen MR) is 86.5 cm³/mol. The minimum Gasteiger partial charge on any atom is -0.302 e. The predicted octanol–water partition coefficient (Wildman–Crippen LogP) is 3.95. The highest BCUT2D eigenvalue weighted by Crippen LogP contribution is 2.47. The number of nitrogens with zero attached hydrogens (tertiary/aromatic N) is 5. The molecule has 3 aromatic heterocycles. The Morgan fingerprint density at radius 2 is 2.05 bits per heavy atom. The van der Waals surface area contributed by atoms with Gasteiger partial charge in [0, 0.05) is 22.2 Å². The van der Waals surface area contributed by atoms with Crippen LogP contribution < -0.4 is 0 Å². The van der Waals surface area contributed by atoms with E-state index in [0.29, 0.717) is 12.0 Å². The zero-order chi connectivity index (χ0) is 14.7. The molecule has 0 aromatic carbocycles. The van der Waals surface area contributed by atoms with Gasteiger partial charge in [0.15, 0.2) is 5.16 Å². The van der Waals surface area contributed by atoms with Crippen molar-refractivity contribution < 1.29 is 0 Å². The fourth-order valence-corrected chi connectivity index (χ4v) is 4.65. The minimum absolute atomic E-state index is 0.606. The third-order valence-corrected chi connectivity index (χ3v) is 6.09. The van der Waals surface area contributed by atoms with Crippen LogP contribution in [0.2, 0.25) is 0 Å². The molecule has 0 aliphatic heterocycles. The summed E-state index contributed by atoms with van der Waals surface area (Å²) in [5.41, 5.74) is 0. The molecule has 5 nitrogen and oxygen atoms in total. The van der Waals surface area contributed by atoms with Gasteiger partial charge < -0.3 is 4.57 Å². The lowest BCUT2D eigenvalue weighted by atomic mass is 10.4. The highest BCUT2D eigenvalue weighted by Gasteiger charge is 2.36. The fraction of sp³-hybridized carbons (Fsp3) is 0.467. The largest absolute Gasteiger partial charge is 0.302 e.